The van der Waals surface area contributed by atoms with Gasteiger partial charge in [-0.3, -0.25) is 13.9 Å². The van der Waals surface area contributed by atoms with Gasteiger partial charge in [-0.05, 0) is 45.2 Å². The van der Waals surface area contributed by atoms with Crippen LogP contribution in [0.4, 0.5) is 0 Å². The minimum absolute atomic E-state index is 0.250. The van der Waals surface area contributed by atoms with Crippen molar-refractivity contribution in [3.63, 3.8) is 0 Å². The normalized spacial score (nSPS) is 10.6. The minimum Gasteiger partial charge on any atom is -0.462 e. The van der Waals surface area contributed by atoms with Crippen LogP contribution in [0, 0.1) is 6.92 Å². The number of nitrogens with zero attached hydrogens (tertiary/aromatic N) is 2. The van der Waals surface area contributed by atoms with Gasteiger partial charge in [0.1, 0.15) is 9.71 Å². The van der Waals surface area contributed by atoms with Gasteiger partial charge in [0.15, 0.2) is 0 Å². The highest BCUT2D eigenvalue weighted by Crippen LogP contribution is 2.28. The standard InChI is InChI=1S/C20H22N2O4S.C2H6O/c1-4-21-17(23)15-13(3)16(19(24)26-5-2)27-18(15)22(20(21)25)12-11-14-9-7-6-8-10-14;1-2-3/h6-10H,4-5,11-12H2,1-3H3;3H,2H2,1H3. The molecule has 1 aromatic carbocycles. The van der Waals surface area contributed by atoms with Gasteiger partial charge in [0.25, 0.3) is 5.56 Å². The Kier molecular flexibility index (Phi) is 8.56. The Bertz CT molecular complexity index is 1110. The quantitative estimate of drug-likeness (QED) is 0.605. The fourth-order valence-corrected chi connectivity index (χ4v) is 4.36. The molecule has 0 aliphatic rings. The first-order chi connectivity index (χ1) is 14.4. The first-order valence-electron chi connectivity index (χ1n) is 9.99. The third-order valence-electron chi connectivity index (χ3n) is 4.54. The number of hydrogen-bond acceptors (Lipinski definition) is 6. The van der Waals surface area contributed by atoms with Gasteiger partial charge < -0.3 is 9.84 Å². The van der Waals surface area contributed by atoms with Crippen LogP contribution in [0.3, 0.4) is 0 Å². The van der Waals surface area contributed by atoms with Crippen LogP contribution in [0.2, 0.25) is 0 Å². The lowest BCUT2D eigenvalue weighted by atomic mass is 10.1. The maximum Gasteiger partial charge on any atom is 0.348 e. The van der Waals surface area contributed by atoms with Crippen molar-refractivity contribution in [3.05, 3.63) is 67.2 Å². The van der Waals surface area contributed by atoms with Gasteiger partial charge in [-0.2, -0.15) is 0 Å². The number of fused-ring (bicyclic) bond motifs is 1. The molecule has 3 aromatic rings. The van der Waals surface area contributed by atoms with Gasteiger partial charge in [-0.25, -0.2) is 9.59 Å². The summed E-state index contributed by atoms with van der Waals surface area (Å²) in [7, 11) is 0. The third kappa shape index (κ3) is 4.88. The van der Waals surface area contributed by atoms with Crippen molar-refractivity contribution in [2.45, 2.75) is 47.2 Å². The Morgan fingerprint density at radius 3 is 2.30 bits per heavy atom. The molecule has 8 heteroatoms. The van der Waals surface area contributed by atoms with Gasteiger partial charge in [0.05, 0.1) is 12.0 Å². The number of aryl methyl sites for hydroxylation is 3. The topological polar surface area (TPSA) is 90.5 Å². The summed E-state index contributed by atoms with van der Waals surface area (Å²) < 4.78 is 7.94. The van der Waals surface area contributed by atoms with E-state index >= 15 is 0 Å². The highest BCUT2D eigenvalue weighted by atomic mass is 32.1. The van der Waals surface area contributed by atoms with E-state index in [1.54, 1.807) is 32.3 Å². The van der Waals surface area contributed by atoms with Crippen molar-refractivity contribution < 1.29 is 14.6 Å². The third-order valence-corrected chi connectivity index (χ3v) is 5.83. The lowest BCUT2D eigenvalue weighted by Crippen LogP contribution is -2.39. The van der Waals surface area contributed by atoms with E-state index in [1.165, 1.54) is 4.57 Å². The van der Waals surface area contributed by atoms with E-state index in [-0.39, 0.29) is 31.0 Å². The predicted molar refractivity (Wildman–Crippen MR) is 120 cm³/mol. The number of hydrogen-bond donors (Lipinski definition) is 1. The molecule has 0 saturated heterocycles. The van der Waals surface area contributed by atoms with Crippen LogP contribution in [-0.4, -0.2) is 33.4 Å². The maximum absolute atomic E-state index is 12.9. The van der Waals surface area contributed by atoms with Crippen molar-refractivity contribution in [1.82, 2.24) is 9.13 Å². The highest BCUT2D eigenvalue weighted by molar-refractivity contribution is 7.20. The molecule has 162 valence electrons. The molecule has 0 radical (unpaired) electrons. The van der Waals surface area contributed by atoms with E-state index < -0.39 is 5.97 Å². The minimum atomic E-state index is -0.458. The zero-order valence-electron chi connectivity index (χ0n) is 17.8. The lowest BCUT2D eigenvalue weighted by Gasteiger charge is -2.11. The monoisotopic (exact) mass is 432 g/mol. The number of benzene rings is 1. The summed E-state index contributed by atoms with van der Waals surface area (Å²) >= 11 is 1.16. The van der Waals surface area contributed by atoms with Crippen LogP contribution in [0.5, 0.6) is 0 Å². The summed E-state index contributed by atoms with van der Waals surface area (Å²) in [4.78, 5) is 38.9. The molecule has 0 spiro atoms. The molecule has 0 atom stereocenters. The Hall–Kier alpha value is -2.71. The van der Waals surface area contributed by atoms with Crippen molar-refractivity contribution in [3.8, 4) is 0 Å². The SMILES string of the molecule is CCO.CCOC(=O)c1sc2c(c1C)c(=O)n(CC)c(=O)n2CCc1ccccc1. The molecule has 7 nitrogen and oxygen atoms in total. The highest BCUT2D eigenvalue weighted by Gasteiger charge is 2.23. The lowest BCUT2D eigenvalue weighted by molar-refractivity contribution is 0.0531. The average Bonchev–Trinajstić information content (AvgIpc) is 3.07. The van der Waals surface area contributed by atoms with Crippen molar-refractivity contribution in [2.24, 2.45) is 0 Å². The summed E-state index contributed by atoms with van der Waals surface area (Å²) in [6.45, 7) is 8.14. The number of aromatic nitrogens is 2. The first-order valence-corrected chi connectivity index (χ1v) is 10.8. The van der Waals surface area contributed by atoms with Crippen LogP contribution in [0.25, 0.3) is 10.2 Å². The molecular formula is C22H28N2O5S. The molecule has 2 heterocycles. The van der Waals surface area contributed by atoms with Crippen molar-refractivity contribution >= 4 is 27.5 Å². The summed E-state index contributed by atoms with van der Waals surface area (Å²) in [5, 5.41) is 8.00. The zero-order chi connectivity index (χ0) is 22.3. The van der Waals surface area contributed by atoms with Crippen LogP contribution >= 0.6 is 11.3 Å². The molecule has 0 saturated carbocycles. The fourth-order valence-electron chi connectivity index (χ4n) is 3.15. The Balaban J connectivity index is 0.00000101. The first kappa shape index (κ1) is 23.6. The molecular weight excluding hydrogens is 404 g/mol. The van der Waals surface area contributed by atoms with Crippen LogP contribution in [-0.2, 0) is 24.2 Å². The largest absolute Gasteiger partial charge is 0.462 e. The number of thiophene rings is 1. The number of rotatable bonds is 6. The molecule has 0 aliphatic carbocycles. The number of carbonyl (C=O) groups is 1. The summed E-state index contributed by atoms with van der Waals surface area (Å²) in [6, 6.07) is 9.85. The van der Waals surface area contributed by atoms with E-state index in [9.17, 15) is 14.4 Å². The van der Waals surface area contributed by atoms with Crippen LogP contribution in [0.15, 0.2) is 39.9 Å². The number of carbonyl (C=O) groups excluding carboxylic acids is 1. The molecule has 2 aromatic heterocycles. The molecule has 30 heavy (non-hydrogen) atoms. The second kappa shape index (κ2) is 10.9. The molecule has 3 rings (SSSR count). The molecule has 0 aliphatic heterocycles. The van der Waals surface area contributed by atoms with E-state index in [0.29, 0.717) is 33.6 Å². The second-order valence-electron chi connectivity index (χ2n) is 6.49. The fraction of sp³-hybridized carbons (Fsp3) is 0.409. The Morgan fingerprint density at radius 2 is 1.73 bits per heavy atom. The summed E-state index contributed by atoms with van der Waals surface area (Å²) in [6.07, 6.45) is 0.656. The molecule has 0 unspecified atom stereocenters. The number of ether oxygens (including phenoxy) is 1. The van der Waals surface area contributed by atoms with E-state index in [2.05, 4.69) is 0 Å². The van der Waals surface area contributed by atoms with E-state index in [4.69, 9.17) is 9.84 Å². The second-order valence-corrected chi connectivity index (χ2v) is 7.49. The molecule has 1 N–H and O–H groups in total. The average molecular weight is 433 g/mol. The Labute approximate surface area is 179 Å². The number of aliphatic hydroxyl groups is 1. The molecule has 0 bridgehead atoms. The smallest absolute Gasteiger partial charge is 0.348 e. The van der Waals surface area contributed by atoms with Gasteiger partial charge in [0.2, 0.25) is 0 Å². The van der Waals surface area contributed by atoms with Gasteiger partial charge in [-0.15, -0.1) is 11.3 Å². The molecule has 0 fully saturated rings. The van der Waals surface area contributed by atoms with Gasteiger partial charge >= 0.3 is 11.7 Å². The van der Waals surface area contributed by atoms with Gasteiger partial charge in [-0.1, -0.05) is 30.3 Å². The van der Waals surface area contributed by atoms with Crippen LogP contribution in [0.1, 0.15) is 41.6 Å². The zero-order valence-corrected chi connectivity index (χ0v) is 18.6. The summed E-state index contributed by atoms with van der Waals surface area (Å²) in [5.74, 6) is -0.458. The van der Waals surface area contributed by atoms with Crippen LogP contribution < -0.4 is 11.2 Å². The molecule has 0 amide bonds. The maximum atomic E-state index is 12.9. The van der Waals surface area contributed by atoms with Crippen molar-refractivity contribution in [2.75, 3.05) is 13.2 Å². The van der Waals surface area contributed by atoms with E-state index in [0.717, 1.165) is 16.9 Å². The van der Waals surface area contributed by atoms with Gasteiger partial charge in [0, 0.05) is 19.7 Å². The van der Waals surface area contributed by atoms with Crippen molar-refractivity contribution in [1.29, 1.82) is 0 Å². The number of aliphatic hydroxyl groups excluding tert-OH is 1. The van der Waals surface area contributed by atoms with E-state index in [1.807, 2.05) is 30.3 Å². The number of esters is 1. The Morgan fingerprint density at radius 1 is 1.10 bits per heavy atom. The summed E-state index contributed by atoms with van der Waals surface area (Å²) in [5.41, 5.74) is 0.986. The predicted octanol–water partition coefficient (Wildman–Crippen LogP) is 2.97.